The number of amides is 1. The Kier molecular flexibility index (Phi) is 3.59. The molecule has 3 rings (SSSR count). The fourth-order valence-electron chi connectivity index (χ4n) is 2.50. The van der Waals surface area contributed by atoms with Gasteiger partial charge in [0.2, 0.25) is 5.91 Å². The minimum absolute atomic E-state index is 0.0368. The van der Waals surface area contributed by atoms with Crippen molar-refractivity contribution in [3.8, 4) is 0 Å². The fraction of sp³-hybridized carbons (Fsp3) is 0.176. The third-order valence-corrected chi connectivity index (χ3v) is 3.44. The van der Waals surface area contributed by atoms with E-state index < -0.39 is 0 Å². The van der Waals surface area contributed by atoms with Crippen LogP contribution in [0.1, 0.15) is 17.5 Å². The number of carbonyl (C=O) groups is 1. The molecule has 100 valence electrons. The van der Waals surface area contributed by atoms with Crippen molar-refractivity contribution in [1.29, 1.82) is 0 Å². The Balaban J connectivity index is 1.71. The maximum Gasteiger partial charge on any atom is 0.247 e. The summed E-state index contributed by atoms with van der Waals surface area (Å²) in [6, 6.07) is 14.3. The van der Waals surface area contributed by atoms with Crippen LogP contribution in [0.3, 0.4) is 0 Å². The zero-order valence-electron chi connectivity index (χ0n) is 11.1. The molecule has 1 aliphatic rings. The van der Waals surface area contributed by atoms with Crippen LogP contribution in [-0.2, 0) is 11.2 Å². The highest BCUT2D eigenvalue weighted by molar-refractivity contribution is 6.00. The van der Waals surface area contributed by atoms with E-state index in [1.54, 1.807) is 12.4 Å². The summed E-state index contributed by atoms with van der Waals surface area (Å²) in [5.41, 5.74) is 3.05. The highest BCUT2D eigenvalue weighted by Gasteiger charge is 2.26. The number of rotatable bonds is 3. The first-order valence-corrected chi connectivity index (χ1v) is 6.76. The molecule has 0 spiro atoms. The molecule has 1 fully saturated rings. The molecule has 0 bridgehead atoms. The van der Waals surface area contributed by atoms with Gasteiger partial charge in [-0.3, -0.25) is 9.78 Å². The average Bonchev–Trinajstić information content (AvgIpc) is 2.81. The Morgan fingerprint density at radius 3 is 2.80 bits per heavy atom. The molecule has 0 radical (unpaired) electrons. The van der Waals surface area contributed by atoms with Crippen molar-refractivity contribution in [1.82, 2.24) is 10.3 Å². The van der Waals surface area contributed by atoms with E-state index in [1.165, 1.54) is 5.56 Å². The van der Waals surface area contributed by atoms with Gasteiger partial charge in [-0.2, -0.15) is 0 Å². The summed E-state index contributed by atoms with van der Waals surface area (Å²) in [5, 5.41) is 3.05. The van der Waals surface area contributed by atoms with Crippen LogP contribution < -0.4 is 5.32 Å². The molecule has 1 saturated heterocycles. The Hall–Kier alpha value is -2.42. The first-order chi connectivity index (χ1) is 9.81. The standard InChI is InChI=1S/C17H16N2O/c20-17-15(9-14-7-4-8-18-12-14)11-16(19-17)10-13-5-2-1-3-6-13/h1-9,12,16H,10-11H2,(H,19,20)/t16-/m0/s1. The lowest BCUT2D eigenvalue weighted by Gasteiger charge is -2.08. The summed E-state index contributed by atoms with van der Waals surface area (Å²) in [6.07, 6.45) is 7.06. The third-order valence-electron chi connectivity index (χ3n) is 3.44. The van der Waals surface area contributed by atoms with Crippen molar-refractivity contribution in [2.45, 2.75) is 18.9 Å². The molecule has 1 aromatic carbocycles. The third kappa shape index (κ3) is 2.94. The number of nitrogens with zero attached hydrogens (tertiary/aromatic N) is 1. The average molecular weight is 264 g/mol. The topological polar surface area (TPSA) is 42.0 Å². The van der Waals surface area contributed by atoms with Gasteiger partial charge >= 0.3 is 0 Å². The van der Waals surface area contributed by atoms with Crippen molar-refractivity contribution in [3.05, 3.63) is 71.6 Å². The first kappa shape index (κ1) is 12.6. The van der Waals surface area contributed by atoms with Crippen molar-refractivity contribution in [2.75, 3.05) is 0 Å². The van der Waals surface area contributed by atoms with Crippen LogP contribution in [0.5, 0.6) is 0 Å². The smallest absolute Gasteiger partial charge is 0.247 e. The molecular weight excluding hydrogens is 248 g/mol. The largest absolute Gasteiger partial charge is 0.349 e. The van der Waals surface area contributed by atoms with Gasteiger partial charge in [0.15, 0.2) is 0 Å². The van der Waals surface area contributed by atoms with Gasteiger partial charge in [0.1, 0.15) is 0 Å². The summed E-state index contributed by atoms with van der Waals surface area (Å²) in [4.78, 5) is 16.0. The van der Waals surface area contributed by atoms with Gasteiger partial charge in [0.05, 0.1) is 0 Å². The number of benzene rings is 1. The quantitative estimate of drug-likeness (QED) is 0.866. The van der Waals surface area contributed by atoms with Crippen LogP contribution in [0.25, 0.3) is 6.08 Å². The van der Waals surface area contributed by atoms with E-state index in [4.69, 9.17) is 0 Å². The lowest BCUT2D eigenvalue weighted by molar-refractivity contribution is -0.116. The normalized spacial score (nSPS) is 20.1. The van der Waals surface area contributed by atoms with Crippen LogP contribution in [0, 0.1) is 0 Å². The number of pyridine rings is 1. The number of hydrogen-bond acceptors (Lipinski definition) is 2. The number of aromatic nitrogens is 1. The van der Waals surface area contributed by atoms with Gasteiger partial charge in [-0.05, 0) is 36.1 Å². The molecule has 1 aliphatic heterocycles. The zero-order valence-corrected chi connectivity index (χ0v) is 11.1. The lowest BCUT2D eigenvalue weighted by atomic mass is 10.0. The van der Waals surface area contributed by atoms with Crippen molar-refractivity contribution < 1.29 is 4.79 Å². The van der Waals surface area contributed by atoms with E-state index in [1.807, 2.05) is 36.4 Å². The van der Waals surface area contributed by atoms with E-state index in [0.717, 1.165) is 24.0 Å². The minimum atomic E-state index is 0.0368. The predicted molar refractivity (Wildman–Crippen MR) is 78.9 cm³/mol. The number of hydrogen-bond donors (Lipinski definition) is 1. The molecule has 3 nitrogen and oxygen atoms in total. The van der Waals surface area contributed by atoms with Gasteiger partial charge in [-0.25, -0.2) is 0 Å². The molecule has 20 heavy (non-hydrogen) atoms. The van der Waals surface area contributed by atoms with Gasteiger partial charge in [-0.1, -0.05) is 36.4 Å². The predicted octanol–water partition coefficient (Wildman–Crippen LogP) is 2.60. The van der Waals surface area contributed by atoms with E-state index >= 15 is 0 Å². The van der Waals surface area contributed by atoms with Crippen LogP contribution in [0.2, 0.25) is 0 Å². The molecule has 1 atom stereocenters. The Morgan fingerprint density at radius 2 is 2.05 bits per heavy atom. The maximum atomic E-state index is 12.0. The second-order valence-electron chi connectivity index (χ2n) is 5.02. The Morgan fingerprint density at radius 1 is 1.20 bits per heavy atom. The van der Waals surface area contributed by atoms with E-state index in [9.17, 15) is 4.79 Å². The van der Waals surface area contributed by atoms with Crippen molar-refractivity contribution >= 4 is 12.0 Å². The van der Waals surface area contributed by atoms with Gasteiger partial charge in [-0.15, -0.1) is 0 Å². The first-order valence-electron chi connectivity index (χ1n) is 6.76. The molecule has 1 amide bonds. The second kappa shape index (κ2) is 5.70. The highest BCUT2D eigenvalue weighted by Crippen LogP contribution is 2.20. The van der Waals surface area contributed by atoms with Gasteiger partial charge in [0, 0.05) is 24.0 Å². The summed E-state index contributed by atoms with van der Waals surface area (Å²) in [7, 11) is 0. The van der Waals surface area contributed by atoms with Crippen molar-refractivity contribution in [2.24, 2.45) is 0 Å². The lowest BCUT2D eigenvalue weighted by Crippen LogP contribution is -2.27. The van der Waals surface area contributed by atoms with Gasteiger partial charge in [0.25, 0.3) is 0 Å². The minimum Gasteiger partial charge on any atom is -0.349 e. The Bertz CT molecular complexity index is 620. The Labute approximate surface area is 118 Å². The molecule has 0 aliphatic carbocycles. The van der Waals surface area contributed by atoms with Gasteiger partial charge < -0.3 is 5.32 Å². The second-order valence-corrected chi connectivity index (χ2v) is 5.02. The van der Waals surface area contributed by atoms with Crippen LogP contribution in [0.4, 0.5) is 0 Å². The number of carbonyl (C=O) groups excluding carboxylic acids is 1. The van der Waals surface area contributed by atoms with E-state index in [0.29, 0.717) is 0 Å². The molecular formula is C17H16N2O. The fourth-order valence-corrected chi connectivity index (χ4v) is 2.50. The summed E-state index contributed by atoms with van der Waals surface area (Å²) in [5.74, 6) is 0.0368. The van der Waals surface area contributed by atoms with Crippen LogP contribution in [0.15, 0.2) is 60.4 Å². The molecule has 0 unspecified atom stereocenters. The van der Waals surface area contributed by atoms with E-state index in [2.05, 4.69) is 22.4 Å². The van der Waals surface area contributed by atoms with Crippen LogP contribution in [-0.4, -0.2) is 16.9 Å². The number of nitrogens with one attached hydrogen (secondary N) is 1. The van der Waals surface area contributed by atoms with E-state index in [-0.39, 0.29) is 11.9 Å². The van der Waals surface area contributed by atoms with Crippen molar-refractivity contribution in [3.63, 3.8) is 0 Å². The molecule has 3 heteroatoms. The zero-order chi connectivity index (χ0) is 13.8. The van der Waals surface area contributed by atoms with Crippen LogP contribution >= 0.6 is 0 Å². The monoisotopic (exact) mass is 264 g/mol. The molecule has 1 N–H and O–H groups in total. The molecule has 1 aromatic heterocycles. The SMILES string of the molecule is O=C1N[C@@H](Cc2ccccc2)CC1=Cc1cccnc1. The summed E-state index contributed by atoms with van der Waals surface area (Å²) >= 11 is 0. The summed E-state index contributed by atoms with van der Waals surface area (Å²) in [6.45, 7) is 0. The summed E-state index contributed by atoms with van der Waals surface area (Å²) < 4.78 is 0. The molecule has 2 aromatic rings. The molecule has 2 heterocycles. The molecule has 0 saturated carbocycles. The maximum absolute atomic E-state index is 12.0. The highest BCUT2D eigenvalue weighted by atomic mass is 16.2.